The van der Waals surface area contributed by atoms with E-state index in [0.29, 0.717) is 27.4 Å². The van der Waals surface area contributed by atoms with E-state index in [9.17, 15) is 4.79 Å². The summed E-state index contributed by atoms with van der Waals surface area (Å²) in [4.78, 5) is 21.2. The van der Waals surface area contributed by atoms with Crippen LogP contribution in [-0.4, -0.2) is 15.9 Å². The Morgan fingerprint density at radius 2 is 1.65 bits per heavy atom. The Hall–Kier alpha value is -2.63. The molecule has 2 N–H and O–H groups in total. The number of amides is 1. The molecule has 0 aliphatic rings. The maximum atomic E-state index is 12.5. The third kappa shape index (κ3) is 4.71. The zero-order valence-electron chi connectivity index (χ0n) is 14.2. The van der Waals surface area contributed by atoms with Gasteiger partial charge >= 0.3 is 0 Å². The summed E-state index contributed by atoms with van der Waals surface area (Å²) in [5.74, 6) is -0.0222. The van der Waals surface area contributed by atoms with Gasteiger partial charge in [0.2, 0.25) is 5.95 Å². The molecule has 5 nitrogen and oxygen atoms in total. The number of nitrogens with one attached hydrogen (secondary N) is 2. The molecule has 1 amide bonds. The third-order valence-electron chi connectivity index (χ3n) is 3.48. The summed E-state index contributed by atoms with van der Waals surface area (Å²) in [6.45, 7) is 3.80. The van der Waals surface area contributed by atoms with Crippen LogP contribution in [0.15, 0.2) is 48.5 Å². The zero-order chi connectivity index (χ0) is 18.7. The van der Waals surface area contributed by atoms with Crippen LogP contribution >= 0.6 is 23.2 Å². The van der Waals surface area contributed by atoms with Crippen molar-refractivity contribution < 1.29 is 4.79 Å². The number of rotatable bonds is 4. The minimum Gasteiger partial charge on any atom is -0.324 e. The number of halogens is 2. The molecule has 7 heteroatoms. The number of hydrogen-bond donors (Lipinski definition) is 2. The van der Waals surface area contributed by atoms with Crippen LogP contribution in [0.5, 0.6) is 0 Å². The van der Waals surface area contributed by atoms with Crippen LogP contribution < -0.4 is 10.6 Å². The summed E-state index contributed by atoms with van der Waals surface area (Å²) in [5.41, 5.74) is 3.37. The van der Waals surface area contributed by atoms with Crippen molar-refractivity contribution in [1.82, 2.24) is 9.97 Å². The van der Waals surface area contributed by atoms with E-state index < -0.39 is 0 Å². The normalized spacial score (nSPS) is 10.5. The molecule has 0 aliphatic heterocycles. The van der Waals surface area contributed by atoms with Gasteiger partial charge in [0.1, 0.15) is 5.69 Å². The van der Waals surface area contributed by atoms with E-state index in [0.717, 1.165) is 11.3 Å². The van der Waals surface area contributed by atoms with Gasteiger partial charge in [0.05, 0.1) is 0 Å². The lowest BCUT2D eigenvalue weighted by Gasteiger charge is -2.10. The SMILES string of the molecule is Cc1cccc(Nc2nc(C)cc(C(=O)Nc3cc(Cl)cc(Cl)c3)n2)c1. The first kappa shape index (κ1) is 18.2. The molecule has 0 atom stereocenters. The number of carbonyl (C=O) groups excluding carboxylic acids is 1. The Bertz CT molecular complexity index is 955. The van der Waals surface area contributed by atoms with Gasteiger partial charge in [-0.2, -0.15) is 0 Å². The quantitative estimate of drug-likeness (QED) is 0.629. The summed E-state index contributed by atoms with van der Waals surface area (Å²) in [6.07, 6.45) is 0. The highest BCUT2D eigenvalue weighted by Gasteiger charge is 2.12. The highest BCUT2D eigenvalue weighted by molar-refractivity contribution is 6.35. The molecular formula is C19H16Cl2N4O. The third-order valence-corrected chi connectivity index (χ3v) is 3.92. The average molecular weight is 387 g/mol. The molecule has 0 bridgehead atoms. The van der Waals surface area contributed by atoms with Gasteiger partial charge in [-0.3, -0.25) is 4.79 Å². The first-order valence-electron chi connectivity index (χ1n) is 7.86. The van der Waals surface area contributed by atoms with Gasteiger partial charge in [-0.1, -0.05) is 35.3 Å². The van der Waals surface area contributed by atoms with Crippen molar-refractivity contribution in [2.45, 2.75) is 13.8 Å². The minimum atomic E-state index is -0.374. The second-order valence-electron chi connectivity index (χ2n) is 5.82. The van der Waals surface area contributed by atoms with Crippen molar-refractivity contribution in [1.29, 1.82) is 0 Å². The molecule has 3 aromatic rings. The van der Waals surface area contributed by atoms with E-state index in [2.05, 4.69) is 20.6 Å². The number of hydrogen-bond acceptors (Lipinski definition) is 4. The van der Waals surface area contributed by atoms with Gasteiger partial charge in [0, 0.05) is 27.1 Å². The summed E-state index contributed by atoms with van der Waals surface area (Å²) >= 11 is 11.9. The van der Waals surface area contributed by atoms with Crippen molar-refractivity contribution in [3.05, 3.63) is 75.5 Å². The van der Waals surface area contributed by atoms with Crippen LogP contribution in [0.4, 0.5) is 17.3 Å². The number of aromatic nitrogens is 2. The van der Waals surface area contributed by atoms with Crippen molar-refractivity contribution in [2.75, 3.05) is 10.6 Å². The fourth-order valence-corrected chi connectivity index (χ4v) is 2.94. The fraction of sp³-hybridized carbons (Fsp3) is 0.105. The van der Waals surface area contributed by atoms with Gasteiger partial charge in [0.15, 0.2) is 0 Å². The minimum absolute atomic E-state index is 0.240. The monoisotopic (exact) mass is 386 g/mol. The number of nitrogens with zero attached hydrogens (tertiary/aromatic N) is 2. The largest absolute Gasteiger partial charge is 0.324 e. The number of anilines is 3. The summed E-state index contributed by atoms with van der Waals surface area (Å²) in [5, 5.41) is 6.74. The van der Waals surface area contributed by atoms with Gasteiger partial charge in [-0.15, -0.1) is 0 Å². The van der Waals surface area contributed by atoms with E-state index in [1.165, 1.54) is 0 Å². The van der Waals surface area contributed by atoms with Crippen molar-refractivity contribution in [2.24, 2.45) is 0 Å². The van der Waals surface area contributed by atoms with Gasteiger partial charge in [0.25, 0.3) is 5.91 Å². The Balaban J connectivity index is 1.83. The average Bonchev–Trinajstić information content (AvgIpc) is 2.53. The van der Waals surface area contributed by atoms with Crippen LogP contribution in [0.1, 0.15) is 21.7 Å². The molecule has 0 radical (unpaired) electrons. The van der Waals surface area contributed by atoms with Crippen LogP contribution in [0.25, 0.3) is 0 Å². The van der Waals surface area contributed by atoms with E-state index >= 15 is 0 Å². The molecule has 0 saturated carbocycles. The lowest BCUT2D eigenvalue weighted by Crippen LogP contribution is -2.15. The summed E-state index contributed by atoms with van der Waals surface area (Å²) in [6, 6.07) is 14.3. The molecule has 1 heterocycles. The molecular weight excluding hydrogens is 371 g/mol. The van der Waals surface area contributed by atoms with Gasteiger partial charge in [-0.25, -0.2) is 9.97 Å². The smallest absolute Gasteiger partial charge is 0.274 e. The standard InChI is InChI=1S/C19H16Cl2N4O/c1-11-4-3-5-15(6-11)24-19-22-12(2)7-17(25-19)18(26)23-16-9-13(20)8-14(21)10-16/h3-10H,1-2H3,(H,23,26)(H,22,24,25). The molecule has 1 aromatic heterocycles. The fourth-order valence-electron chi connectivity index (χ4n) is 2.41. The van der Waals surface area contributed by atoms with Crippen molar-refractivity contribution >= 4 is 46.4 Å². The highest BCUT2D eigenvalue weighted by Crippen LogP contribution is 2.23. The number of aryl methyl sites for hydroxylation is 2. The topological polar surface area (TPSA) is 66.9 Å². The second kappa shape index (κ2) is 7.72. The first-order chi connectivity index (χ1) is 12.4. The van der Waals surface area contributed by atoms with Crippen molar-refractivity contribution in [3.63, 3.8) is 0 Å². The first-order valence-corrected chi connectivity index (χ1v) is 8.61. The predicted molar refractivity (Wildman–Crippen MR) is 106 cm³/mol. The van der Waals surface area contributed by atoms with Crippen LogP contribution in [0, 0.1) is 13.8 Å². The number of benzene rings is 2. The Morgan fingerprint density at radius 3 is 2.35 bits per heavy atom. The molecule has 0 saturated heterocycles. The van der Waals surface area contributed by atoms with E-state index in [1.807, 2.05) is 31.2 Å². The zero-order valence-corrected chi connectivity index (χ0v) is 15.7. The van der Waals surface area contributed by atoms with E-state index in [4.69, 9.17) is 23.2 Å². The molecule has 2 aromatic carbocycles. The van der Waals surface area contributed by atoms with Crippen molar-refractivity contribution in [3.8, 4) is 0 Å². The lowest BCUT2D eigenvalue weighted by molar-refractivity contribution is 0.102. The highest BCUT2D eigenvalue weighted by atomic mass is 35.5. The Morgan fingerprint density at radius 1 is 0.923 bits per heavy atom. The van der Waals surface area contributed by atoms with Crippen LogP contribution in [0.3, 0.4) is 0 Å². The van der Waals surface area contributed by atoms with Crippen LogP contribution in [0.2, 0.25) is 10.0 Å². The Labute approximate surface area is 161 Å². The molecule has 26 heavy (non-hydrogen) atoms. The lowest BCUT2D eigenvalue weighted by atomic mass is 10.2. The molecule has 3 rings (SSSR count). The van der Waals surface area contributed by atoms with E-state index in [1.54, 1.807) is 31.2 Å². The molecule has 0 spiro atoms. The molecule has 0 aliphatic carbocycles. The summed E-state index contributed by atoms with van der Waals surface area (Å²) < 4.78 is 0. The van der Waals surface area contributed by atoms with Crippen LogP contribution in [-0.2, 0) is 0 Å². The molecule has 0 unspecified atom stereocenters. The summed E-state index contributed by atoms with van der Waals surface area (Å²) in [7, 11) is 0. The molecule has 0 fully saturated rings. The Kier molecular flexibility index (Phi) is 5.40. The maximum Gasteiger partial charge on any atom is 0.274 e. The van der Waals surface area contributed by atoms with Gasteiger partial charge < -0.3 is 10.6 Å². The molecule has 132 valence electrons. The number of carbonyl (C=O) groups is 1. The predicted octanol–water partition coefficient (Wildman–Crippen LogP) is 5.40. The van der Waals surface area contributed by atoms with Gasteiger partial charge in [-0.05, 0) is 55.8 Å². The second-order valence-corrected chi connectivity index (χ2v) is 6.70. The van der Waals surface area contributed by atoms with E-state index in [-0.39, 0.29) is 11.6 Å². The maximum absolute atomic E-state index is 12.5.